The molecule has 0 saturated heterocycles. The molecule has 0 unspecified atom stereocenters. The number of hydrogen-bond donors (Lipinski definition) is 1. The first-order valence-electron chi connectivity index (χ1n) is 6.49. The summed E-state index contributed by atoms with van der Waals surface area (Å²) in [6, 6.07) is 10.0. The van der Waals surface area contributed by atoms with Crippen LogP contribution in [-0.2, 0) is 11.3 Å². The van der Waals surface area contributed by atoms with Crippen LogP contribution in [0.25, 0.3) is 11.1 Å². The van der Waals surface area contributed by atoms with Crippen molar-refractivity contribution < 1.29 is 4.79 Å². The summed E-state index contributed by atoms with van der Waals surface area (Å²) in [5.74, 6) is 0.456. The van der Waals surface area contributed by atoms with E-state index in [2.05, 4.69) is 24.3 Å². The van der Waals surface area contributed by atoms with E-state index in [1.54, 1.807) is 10.9 Å². The maximum Gasteiger partial charge on any atom is 0.241 e. The quantitative estimate of drug-likeness (QED) is 0.893. The van der Waals surface area contributed by atoms with Gasteiger partial charge in [-0.05, 0) is 11.5 Å². The molecule has 19 heavy (non-hydrogen) atoms. The third-order valence-electron chi connectivity index (χ3n) is 2.75. The summed E-state index contributed by atoms with van der Waals surface area (Å²) in [6.07, 6.45) is 3.68. The van der Waals surface area contributed by atoms with Crippen LogP contribution in [0, 0.1) is 5.92 Å². The largest absolute Gasteiger partial charge is 0.354 e. The predicted molar refractivity (Wildman–Crippen MR) is 75.5 cm³/mol. The average molecular weight is 257 g/mol. The van der Waals surface area contributed by atoms with E-state index in [0.717, 1.165) is 11.1 Å². The Labute approximate surface area is 113 Å². The lowest BCUT2D eigenvalue weighted by molar-refractivity contribution is -0.122. The van der Waals surface area contributed by atoms with Crippen molar-refractivity contribution in [1.29, 1.82) is 0 Å². The number of nitrogens with one attached hydrogen (secondary N) is 1. The summed E-state index contributed by atoms with van der Waals surface area (Å²) in [5, 5.41) is 7.10. The molecule has 0 atom stereocenters. The normalized spacial score (nSPS) is 10.7. The van der Waals surface area contributed by atoms with Crippen LogP contribution < -0.4 is 5.32 Å². The molecule has 0 aliphatic rings. The van der Waals surface area contributed by atoms with Crippen molar-refractivity contribution in [3.05, 3.63) is 42.7 Å². The predicted octanol–water partition coefficient (Wildman–Crippen LogP) is 2.32. The summed E-state index contributed by atoms with van der Waals surface area (Å²) < 4.78 is 1.66. The number of rotatable bonds is 5. The maximum absolute atomic E-state index is 11.7. The van der Waals surface area contributed by atoms with Gasteiger partial charge in [-0.15, -0.1) is 0 Å². The molecule has 0 aliphatic carbocycles. The lowest BCUT2D eigenvalue weighted by Gasteiger charge is -2.07. The van der Waals surface area contributed by atoms with Gasteiger partial charge in [0, 0.05) is 18.3 Å². The topological polar surface area (TPSA) is 46.9 Å². The van der Waals surface area contributed by atoms with Crippen LogP contribution in [0.3, 0.4) is 0 Å². The average Bonchev–Trinajstić information content (AvgIpc) is 2.86. The van der Waals surface area contributed by atoms with Gasteiger partial charge in [0.2, 0.25) is 5.91 Å². The van der Waals surface area contributed by atoms with E-state index in [-0.39, 0.29) is 12.5 Å². The third kappa shape index (κ3) is 3.95. The summed E-state index contributed by atoms with van der Waals surface area (Å²) in [4.78, 5) is 11.7. The van der Waals surface area contributed by atoms with Gasteiger partial charge >= 0.3 is 0 Å². The highest BCUT2D eigenvalue weighted by molar-refractivity contribution is 5.75. The standard InChI is InChI=1S/C15H19N3O/c1-12(2)8-16-15(19)11-18-10-14(9-17-18)13-6-4-3-5-7-13/h3-7,9-10,12H,8,11H2,1-2H3,(H,16,19). The molecule has 0 radical (unpaired) electrons. The summed E-state index contributed by atoms with van der Waals surface area (Å²) in [5.41, 5.74) is 2.13. The van der Waals surface area contributed by atoms with Gasteiger partial charge in [-0.3, -0.25) is 9.48 Å². The fourth-order valence-corrected chi connectivity index (χ4v) is 1.75. The number of carbonyl (C=O) groups is 1. The zero-order valence-electron chi connectivity index (χ0n) is 11.3. The van der Waals surface area contributed by atoms with E-state index >= 15 is 0 Å². The van der Waals surface area contributed by atoms with E-state index in [0.29, 0.717) is 12.5 Å². The van der Waals surface area contributed by atoms with E-state index in [4.69, 9.17) is 0 Å². The van der Waals surface area contributed by atoms with E-state index in [9.17, 15) is 4.79 Å². The first-order valence-corrected chi connectivity index (χ1v) is 6.49. The van der Waals surface area contributed by atoms with Crippen molar-refractivity contribution in [2.24, 2.45) is 5.92 Å². The van der Waals surface area contributed by atoms with Gasteiger partial charge in [-0.2, -0.15) is 5.10 Å². The number of hydrogen-bond acceptors (Lipinski definition) is 2. The fourth-order valence-electron chi connectivity index (χ4n) is 1.75. The van der Waals surface area contributed by atoms with Crippen molar-refractivity contribution >= 4 is 5.91 Å². The molecule has 1 aromatic carbocycles. The van der Waals surface area contributed by atoms with Gasteiger partial charge in [0.05, 0.1) is 6.20 Å². The number of aromatic nitrogens is 2. The van der Waals surface area contributed by atoms with Crippen LogP contribution in [0.5, 0.6) is 0 Å². The Hall–Kier alpha value is -2.10. The van der Waals surface area contributed by atoms with Gasteiger partial charge in [0.15, 0.2) is 0 Å². The Morgan fingerprint density at radius 2 is 2.00 bits per heavy atom. The molecule has 100 valence electrons. The fraction of sp³-hybridized carbons (Fsp3) is 0.333. The van der Waals surface area contributed by atoms with Gasteiger partial charge in [-0.25, -0.2) is 0 Å². The molecule has 2 aromatic rings. The second kappa shape index (κ2) is 6.18. The zero-order chi connectivity index (χ0) is 13.7. The second-order valence-electron chi connectivity index (χ2n) is 4.99. The first kappa shape index (κ1) is 13.3. The number of carbonyl (C=O) groups excluding carboxylic acids is 1. The summed E-state index contributed by atoms with van der Waals surface area (Å²) in [6.45, 7) is 5.11. The Morgan fingerprint density at radius 1 is 1.26 bits per heavy atom. The van der Waals surface area contributed by atoms with Gasteiger partial charge in [0.25, 0.3) is 0 Å². The highest BCUT2D eigenvalue weighted by Crippen LogP contribution is 2.17. The van der Waals surface area contributed by atoms with Gasteiger partial charge < -0.3 is 5.32 Å². The zero-order valence-corrected chi connectivity index (χ0v) is 11.3. The SMILES string of the molecule is CC(C)CNC(=O)Cn1cc(-c2ccccc2)cn1. The lowest BCUT2D eigenvalue weighted by atomic mass is 10.1. The highest BCUT2D eigenvalue weighted by Gasteiger charge is 2.06. The van der Waals surface area contributed by atoms with Crippen molar-refractivity contribution in [3.63, 3.8) is 0 Å². The van der Waals surface area contributed by atoms with E-state index < -0.39 is 0 Å². The molecule has 1 amide bonds. The molecular formula is C15H19N3O. The minimum Gasteiger partial charge on any atom is -0.354 e. The molecule has 4 nitrogen and oxygen atoms in total. The van der Waals surface area contributed by atoms with E-state index in [1.807, 2.05) is 36.5 Å². The molecule has 1 heterocycles. The monoisotopic (exact) mass is 257 g/mol. The van der Waals surface area contributed by atoms with Crippen molar-refractivity contribution in [1.82, 2.24) is 15.1 Å². The second-order valence-corrected chi connectivity index (χ2v) is 4.99. The maximum atomic E-state index is 11.7. The highest BCUT2D eigenvalue weighted by atomic mass is 16.2. The number of nitrogens with zero attached hydrogens (tertiary/aromatic N) is 2. The van der Waals surface area contributed by atoms with Crippen LogP contribution >= 0.6 is 0 Å². The minimum atomic E-state index is -0.00332. The Bertz CT molecular complexity index is 531. The molecule has 0 spiro atoms. The molecule has 0 saturated carbocycles. The third-order valence-corrected chi connectivity index (χ3v) is 2.75. The Kier molecular flexibility index (Phi) is 4.34. The van der Waals surface area contributed by atoms with Crippen LogP contribution in [0.4, 0.5) is 0 Å². The lowest BCUT2D eigenvalue weighted by Crippen LogP contribution is -2.30. The molecule has 0 aliphatic heterocycles. The molecule has 1 N–H and O–H groups in total. The van der Waals surface area contributed by atoms with Gasteiger partial charge in [-0.1, -0.05) is 44.2 Å². The van der Waals surface area contributed by atoms with Crippen molar-refractivity contribution in [2.45, 2.75) is 20.4 Å². The van der Waals surface area contributed by atoms with Crippen molar-refractivity contribution in [2.75, 3.05) is 6.54 Å². The first-order chi connectivity index (χ1) is 9.15. The smallest absolute Gasteiger partial charge is 0.241 e. The summed E-state index contributed by atoms with van der Waals surface area (Å²) in [7, 11) is 0. The number of amides is 1. The molecule has 0 bridgehead atoms. The van der Waals surface area contributed by atoms with Crippen LogP contribution in [0.15, 0.2) is 42.7 Å². The summed E-state index contributed by atoms with van der Waals surface area (Å²) >= 11 is 0. The Balaban J connectivity index is 1.96. The van der Waals surface area contributed by atoms with Crippen LogP contribution in [0.2, 0.25) is 0 Å². The number of benzene rings is 1. The van der Waals surface area contributed by atoms with E-state index in [1.165, 1.54) is 0 Å². The molecule has 2 rings (SSSR count). The van der Waals surface area contributed by atoms with Crippen LogP contribution in [0.1, 0.15) is 13.8 Å². The minimum absolute atomic E-state index is 0.00332. The molecule has 1 aromatic heterocycles. The van der Waals surface area contributed by atoms with Crippen molar-refractivity contribution in [3.8, 4) is 11.1 Å². The van der Waals surface area contributed by atoms with Crippen LogP contribution in [-0.4, -0.2) is 22.2 Å². The molecular weight excluding hydrogens is 238 g/mol. The molecule has 4 heteroatoms. The molecule has 0 fully saturated rings. The van der Waals surface area contributed by atoms with Gasteiger partial charge in [0.1, 0.15) is 6.54 Å². The Morgan fingerprint density at radius 3 is 2.68 bits per heavy atom.